The van der Waals surface area contributed by atoms with E-state index in [0.29, 0.717) is 22.4 Å². The lowest BCUT2D eigenvalue weighted by Crippen LogP contribution is -2.38. The van der Waals surface area contributed by atoms with Gasteiger partial charge >= 0.3 is 5.97 Å². The summed E-state index contributed by atoms with van der Waals surface area (Å²) in [6.45, 7) is 7.88. The summed E-state index contributed by atoms with van der Waals surface area (Å²) in [4.78, 5) is 39.9. The number of allylic oxidation sites excluding steroid dienone is 1. The third-order valence-electron chi connectivity index (χ3n) is 6.14. The number of ether oxygens (including phenoxy) is 1. The van der Waals surface area contributed by atoms with Crippen molar-refractivity contribution in [1.82, 2.24) is 10.2 Å². The van der Waals surface area contributed by atoms with Crippen molar-refractivity contribution in [3.05, 3.63) is 82.3 Å². The minimum atomic E-state index is -0.505. The normalized spacial score (nSPS) is 16.9. The molecule has 0 saturated heterocycles. The summed E-state index contributed by atoms with van der Waals surface area (Å²) < 4.78 is 18.7. The SMILES string of the molecule is CCOC(=O)C1=C(C)N(Cc2ccc(C(=O)NC(C)CC)cc2)C(=O)CC1c1ccc(F)cc1. The first-order valence-corrected chi connectivity index (χ1v) is 11.6. The number of rotatable bonds is 8. The van der Waals surface area contributed by atoms with E-state index in [-0.39, 0.29) is 43.2 Å². The van der Waals surface area contributed by atoms with Crippen molar-refractivity contribution >= 4 is 17.8 Å². The fourth-order valence-corrected chi connectivity index (χ4v) is 4.01. The van der Waals surface area contributed by atoms with Crippen LogP contribution in [-0.2, 0) is 20.9 Å². The van der Waals surface area contributed by atoms with Crippen molar-refractivity contribution in [2.75, 3.05) is 6.61 Å². The van der Waals surface area contributed by atoms with Crippen molar-refractivity contribution in [1.29, 1.82) is 0 Å². The highest BCUT2D eigenvalue weighted by atomic mass is 19.1. The van der Waals surface area contributed by atoms with Gasteiger partial charge in [0.1, 0.15) is 5.82 Å². The number of halogens is 1. The van der Waals surface area contributed by atoms with Crippen molar-refractivity contribution in [2.45, 2.75) is 59.0 Å². The zero-order valence-electron chi connectivity index (χ0n) is 20.1. The molecule has 1 aliphatic rings. The third-order valence-corrected chi connectivity index (χ3v) is 6.14. The van der Waals surface area contributed by atoms with Gasteiger partial charge in [-0.25, -0.2) is 9.18 Å². The van der Waals surface area contributed by atoms with Crippen molar-refractivity contribution in [3.63, 3.8) is 0 Å². The number of carbonyl (C=O) groups excluding carboxylic acids is 3. The first kappa shape index (κ1) is 25.1. The molecule has 3 rings (SSSR count). The zero-order chi connectivity index (χ0) is 24.8. The molecule has 0 spiro atoms. The predicted molar refractivity (Wildman–Crippen MR) is 127 cm³/mol. The van der Waals surface area contributed by atoms with Crippen LogP contribution in [0.25, 0.3) is 0 Å². The summed E-state index contributed by atoms with van der Waals surface area (Å²) >= 11 is 0. The van der Waals surface area contributed by atoms with Gasteiger partial charge in [-0.15, -0.1) is 0 Å². The Hall–Kier alpha value is -3.48. The van der Waals surface area contributed by atoms with E-state index in [1.165, 1.54) is 12.1 Å². The van der Waals surface area contributed by atoms with E-state index >= 15 is 0 Å². The Labute approximate surface area is 199 Å². The average molecular weight is 467 g/mol. The van der Waals surface area contributed by atoms with Crippen LogP contribution in [0.3, 0.4) is 0 Å². The van der Waals surface area contributed by atoms with Crippen LogP contribution in [0.1, 0.15) is 67.9 Å². The molecule has 0 bridgehead atoms. The first-order chi connectivity index (χ1) is 16.2. The van der Waals surface area contributed by atoms with Crippen molar-refractivity contribution in [2.24, 2.45) is 0 Å². The summed E-state index contributed by atoms with van der Waals surface area (Å²) in [7, 11) is 0. The molecule has 2 aromatic carbocycles. The molecule has 2 atom stereocenters. The molecule has 0 saturated carbocycles. The molecule has 34 heavy (non-hydrogen) atoms. The second kappa shape index (κ2) is 11.1. The summed E-state index contributed by atoms with van der Waals surface area (Å²) in [6.07, 6.45) is 0.917. The largest absolute Gasteiger partial charge is 0.463 e. The Morgan fingerprint density at radius 2 is 1.76 bits per heavy atom. The van der Waals surface area contributed by atoms with Gasteiger partial charge in [-0.1, -0.05) is 31.2 Å². The van der Waals surface area contributed by atoms with Gasteiger partial charge in [0, 0.05) is 29.6 Å². The Morgan fingerprint density at radius 1 is 1.12 bits per heavy atom. The predicted octanol–water partition coefficient (Wildman–Crippen LogP) is 4.71. The Kier molecular flexibility index (Phi) is 8.21. The van der Waals surface area contributed by atoms with Crippen LogP contribution in [-0.4, -0.2) is 35.3 Å². The Morgan fingerprint density at radius 3 is 2.35 bits per heavy atom. The van der Waals surface area contributed by atoms with Crippen LogP contribution in [0.2, 0.25) is 0 Å². The smallest absolute Gasteiger partial charge is 0.336 e. The lowest BCUT2D eigenvalue weighted by Gasteiger charge is -2.34. The average Bonchev–Trinajstić information content (AvgIpc) is 2.82. The van der Waals surface area contributed by atoms with Crippen molar-refractivity contribution < 1.29 is 23.5 Å². The first-order valence-electron chi connectivity index (χ1n) is 11.6. The van der Waals surface area contributed by atoms with Gasteiger partial charge in [-0.3, -0.25) is 9.59 Å². The molecule has 0 fully saturated rings. The van der Waals surface area contributed by atoms with Gasteiger partial charge in [0.15, 0.2) is 0 Å². The number of amides is 2. The number of hydrogen-bond acceptors (Lipinski definition) is 4. The van der Waals surface area contributed by atoms with Gasteiger partial charge in [0.2, 0.25) is 5.91 Å². The lowest BCUT2D eigenvalue weighted by molar-refractivity contribution is -0.140. The van der Waals surface area contributed by atoms with E-state index in [1.807, 2.05) is 26.0 Å². The molecule has 0 aromatic heterocycles. The quantitative estimate of drug-likeness (QED) is 0.572. The molecule has 0 radical (unpaired) electrons. The van der Waals surface area contributed by atoms with Crippen LogP contribution in [0.5, 0.6) is 0 Å². The lowest BCUT2D eigenvalue weighted by atomic mass is 9.83. The van der Waals surface area contributed by atoms with Gasteiger partial charge in [-0.2, -0.15) is 0 Å². The van der Waals surface area contributed by atoms with Crippen LogP contribution in [0, 0.1) is 5.82 Å². The standard InChI is InChI=1S/C27H31FN2O4/c1-5-17(3)29-26(32)21-9-7-19(8-10-21)16-30-18(4)25(27(33)34-6-2)23(15-24(30)31)20-11-13-22(28)14-12-20/h7-14,17,23H,5-6,15-16H2,1-4H3,(H,29,32). The number of nitrogens with one attached hydrogen (secondary N) is 1. The van der Waals surface area contributed by atoms with E-state index in [2.05, 4.69) is 5.32 Å². The molecular weight excluding hydrogens is 435 g/mol. The molecule has 0 aliphatic carbocycles. The molecule has 7 heteroatoms. The number of esters is 1. The van der Waals surface area contributed by atoms with Crippen LogP contribution in [0.4, 0.5) is 4.39 Å². The molecule has 1 heterocycles. The Balaban J connectivity index is 1.88. The third kappa shape index (κ3) is 5.71. The van der Waals surface area contributed by atoms with Crippen LogP contribution in [0.15, 0.2) is 59.8 Å². The fraction of sp³-hybridized carbons (Fsp3) is 0.370. The van der Waals surface area contributed by atoms with E-state index in [4.69, 9.17) is 4.74 Å². The molecule has 2 aromatic rings. The van der Waals surface area contributed by atoms with Gasteiger partial charge in [0.25, 0.3) is 5.91 Å². The maximum Gasteiger partial charge on any atom is 0.336 e. The summed E-state index contributed by atoms with van der Waals surface area (Å²) in [5.41, 5.74) is 2.98. The van der Waals surface area contributed by atoms with Crippen molar-refractivity contribution in [3.8, 4) is 0 Å². The van der Waals surface area contributed by atoms with Crippen LogP contribution < -0.4 is 5.32 Å². The molecule has 6 nitrogen and oxygen atoms in total. The monoisotopic (exact) mass is 466 g/mol. The molecule has 2 amide bonds. The summed E-state index contributed by atoms with van der Waals surface area (Å²) in [5, 5.41) is 2.93. The second-order valence-corrected chi connectivity index (χ2v) is 8.49. The maximum absolute atomic E-state index is 13.4. The highest BCUT2D eigenvalue weighted by Gasteiger charge is 2.36. The van der Waals surface area contributed by atoms with Gasteiger partial charge in [0.05, 0.1) is 18.7 Å². The molecule has 180 valence electrons. The highest BCUT2D eigenvalue weighted by molar-refractivity contribution is 5.96. The number of nitrogens with zero attached hydrogens (tertiary/aromatic N) is 1. The minimum absolute atomic E-state index is 0.0759. The van der Waals surface area contributed by atoms with Crippen LogP contribution >= 0.6 is 0 Å². The minimum Gasteiger partial charge on any atom is -0.463 e. The Bertz CT molecular complexity index is 1080. The molecular formula is C27H31FN2O4. The van der Waals surface area contributed by atoms with E-state index in [9.17, 15) is 18.8 Å². The van der Waals surface area contributed by atoms with Gasteiger partial charge in [-0.05, 0) is 62.6 Å². The fourth-order valence-electron chi connectivity index (χ4n) is 4.01. The van der Waals surface area contributed by atoms with E-state index in [1.54, 1.807) is 43.0 Å². The topological polar surface area (TPSA) is 75.7 Å². The molecule has 2 unspecified atom stereocenters. The molecule has 1 aliphatic heterocycles. The highest BCUT2D eigenvalue weighted by Crippen LogP contribution is 2.37. The maximum atomic E-state index is 13.4. The van der Waals surface area contributed by atoms with E-state index < -0.39 is 11.9 Å². The molecule has 1 N–H and O–H groups in total. The number of hydrogen-bond donors (Lipinski definition) is 1. The van der Waals surface area contributed by atoms with E-state index in [0.717, 1.165) is 12.0 Å². The second-order valence-electron chi connectivity index (χ2n) is 8.49. The number of benzene rings is 2. The zero-order valence-corrected chi connectivity index (χ0v) is 20.1. The summed E-state index contributed by atoms with van der Waals surface area (Å²) in [6, 6.07) is 13.0. The number of carbonyl (C=O) groups is 3. The summed E-state index contributed by atoms with van der Waals surface area (Å²) in [5.74, 6) is -1.65. The van der Waals surface area contributed by atoms with Gasteiger partial charge < -0.3 is 15.0 Å².